The summed E-state index contributed by atoms with van der Waals surface area (Å²) in [5.74, 6) is -0.00690. The minimum atomic E-state index is -0.230. The summed E-state index contributed by atoms with van der Waals surface area (Å²) in [6, 6.07) is 5.47. The molecule has 0 saturated heterocycles. The zero-order valence-electron chi connectivity index (χ0n) is 16.6. The Labute approximate surface area is 162 Å². The summed E-state index contributed by atoms with van der Waals surface area (Å²) >= 11 is 3.53. The summed E-state index contributed by atoms with van der Waals surface area (Å²) in [6.07, 6.45) is 12.6. The fraction of sp³-hybridized carbons (Fsp3) is 0.333. The number of aromatic hydroxyl groups is 1. The third kappa shape index (κ3) is 5.36. The van der Waals surface area contributed by atoms with Crippen molar-refractivity contribution in [2.75, 3.05) is 6.26 Å². The summed E-state index contributed by atoms with van der Waals surface area (Å²) in [6.45, 7) is 10.3. The van der Waals surface area contributed by atoms with E-state index in [-0.39, 0.29) is 11.4 Å². The highest BCUT2D eigenvalue weighted by molar-refractivity contribution is 7.79. The van der Waals surface area contributed by atoms with Crippen molar-refractivity contribution in [2.24, 2.45) is 0 Å². The molecule has 0 aromatic carbocycles. The second kappa shape index (κ2) is 13.0. The van der Waals surface area contributed by atoms with E-state index in [9.17, 15) is 9.90 Å². The van der Waals surface area contributed by atoms with E-state index in [1.54, 1.807) is 27.5 Å². The number of allylic oxidation sites excluding steroid dienone is 6. The molecule has 1 N–H and O–H groups in total. The minimum absolute atomic E-state index is 0.00690. The molecule has 0 aliphatic carbocycles. The summed E-state index contributed by atoms with van der Waals surface area (Å²) in [7, 11) is 0. The first-order chi connectivity index (χ1) is 12.7. The molecule has 0 amide bonds. The highest BCUT2D eigenvalue weighted by atomic mass is 32.1. The quantitative estimate of drug-likeness (QED) is 0.472. The number of nitrogens with zero attached hydrogens (tertiary/aromatic N) is 2. The number of aryl methyl sites for hydroxylation is 1. The lowest BCUT2D eigenvalue weighted by molar-refractivity contribution is -0.677. The highest BCUT2D eigenvalue weighted by Gasteiger charge is 2.24. The lowest BCUT2D eigenvalue weighted by Gasteiger charge is -2.08. The van der Waals surface area contributed by atoms with Gasteiger partial charge >= 0.3 is 5.56 Å². The lowest BCUT2D eigenvalue weighted by atomic mass is 10.1. The monoisotopic (exact) mass is 375 g/mol. The predicted octanol–water partition coefficient (Wildman–Crippen LogP) is 4.42. The van der Waals surface area contributed by atoms with Gasteiger partial charge in [0.05, 0.1) is 12.7 Å². The fourth-order valence-corrected chi connectivity index (χ4v) is 2.45. The summed E-state index contributed by atoms with van der Waals surface area (Å²) in [5.41, 5.74) is 1.43. The van der Waals surface area contributed by atoms with Crippen LogP contribution in [0.2, 0.25) is 0 Å². The van der Waals surface area contributed by atoms with Crippen LogP contribution in [0.5, 0.6) is 5.88 Å². The fourth-order valence-electron chi connectivity index (χ4n) is 2.45. The summed E-state index contributed by atoms with van der Waals surface area (Å²) in [5, 5.41) is 10.6. The lowest BCUT2D eigenvalue weighted by Crippen LogP contribution is -2.40. The Morgan fingerprint density at radius 3 is 2.42 bits per heavy atom. The zero-order chi connectivity index (χ0) is 20.1. The Morgan fingerprint density at radius 1 is 1.23 bits per heavy atom. The molecule has 2 heterocycles. The van der Waals surface area contributed by atoms with Crippen LogP contribution in [0.3, 0.4) is 0 Å². The first-order valence-electron chi connectivity index (χ1n) is 8.82. The molecule has 0 unspecified atom stereocenters. The molecule has 0 aliphatic rings. The van der Waals surface area contributed by atoms with E-state index in [2.05, 4.69) is 12.6 Å². The molecule has 0 fully saturated rings. The maximum atomic E-state index is 12.8. The van der Waals surface area contributed by atoms with Gasteiger partial charge in [-0.2, -0.15) is 21.6 Å². The van der Waals surface area contributed by atoms with Gasteiger partial charge in [0, 0.05) is 6.07 Å². The molecular formula is C21H31N2O2S+. The maximum absolute atomic E-state index is 12.8. The standard InChI is InChI=1S/C18H20N2O2.C2H6.CH4S/c1-4-7-11-14(10-5-2)16-17(21)19(6-3)15-12-8-9-13-20(15)18(16)22;2*1-2/h4-5,7-13H,6H2,1-3H3;1-2H3;2H,1H3/p+1/b7-4-,10-5-,14-11+;;. The molecule has 0 saturated carbocycles. The highest BCUT2D eigenvalue weighted by Crippen LogP contribution is 2.20. The predicted molar refractivity (Wildman–Crippen MR) is 115 cm³/mol. The van der Waals surface area contributed by atoms with Crippen molar-refractivity contribution in [2.45, 2.75) is 41.2 Å². The van der Waals surface area contributed by atoms with E-state index in [1.165, 1.54) is 0 Å². The molecule has 0 aliphatic heterocycles. The third-order valence-corrected chi connectivity index (χ3v) is 3.45. The molecular weight excluding hydrogens is 344 g/mol. The normalized spacial score (nSPS) is 11.3. The van der Waals surface area contributed by atoms with Gasteiger partial charge in [0.1, 0.15) is 0 Å². The van der Waals surface area contributed by atoms with E-state index in [4.69, 9.17) is 0 Å². The SMILES string of the molecule is CC.CS.C\C=C/C=C(\C=C/C)c1c(O)[n+](CC)c2ccccn2c1=O. The van der Waals surface area contributed by atoms with Gasteiger partial charge in [0.15, 0.2) is 5.56 Å². The second-order valence-corrected chi connectivity index (χ2v) is 4.82. The molecule has 26 heavy (non-hydrogen) atoms. The number of thiol groups is 1. The number of rotatable bonds is 4. The average molecular weight is 376 g/mol. The molecule has 4 nitrogen and oxygen atoms in total. The van der Waals surface area contributed by atoms with Crippen LogP contribution < -0.4 is 10.1 Å². The Bertz CT molecular complexity index is 834. The van der Waals surface area contributed by atoms with E-state index < -0.39 is 0 Å². The summed E-state index contributed by atoms with van der Waals surface area (Å²) in [4.78, 5) is 12.8. The molecule has 142 valence electrons. The smallest absolute Gasteiger partial charge is 0.354 e. The van der Waals surface area contributed by atoms with Crippen LogP contribution in [0.15, 0.2) is 59.6 Å². The van der Waals surface area contributed by atoms with Gasteiger partial charge in [-0.1, -0.05) is 50.3 Å². The van der Waals surface area contributed by atoms with Crippen molar-refractivity contribution in [3.63, 3.8) is 0 Å². The van der Waals surface area contributed by atoms with Crippen LogP contribution in [0.4, 0.5) is 0 Å². The topological polar surface area (TPSA) is 45.6 Å². The van der Waals surface area contributed by atoms with Gasteiger partial charge in [-0.3, -0.25) is 0 Å². The van der Waals surface area contributed by atoms with Gasteiger partial charge in [0.2, 0.25) is 0 Å². The van der Waals surface area contributed by atoms with E-state index >= 15 is 0 Å². The number of pyridine rings is 1. The second-order valence-electron chi connectivity index (χ2n) is 4.82. The first-order valence-corrected chi connectivity index (χ1v) is 9.72. The van der Waals surface area contributed by atoms with Crippen LogP contribution in [0.25, 0.3) is 11.2 Å². The molecule has 0 spiro atoms. The largest absolute Gasteiger partial charge is 0.477 e. The van der Waals surface area contributed by atoms with Gasteiger partial charge in [0.25, 0.3) is 11.5 Å². The van der Waals surface area contributed by atoms with Crippen molar-refractivity contribution in [3.8, 4) is 5.88 Å². The Morgan fingerprint density at radius 2 is 1.88 bits per heavy atom. The maximum Gasteiger partial charge on any atom is 0.354 e. The minimum Gasteiger partial charge on any atom is -0.477 e. The average Bonchev–Trinajstić information content (AvgIpc) is 2.69. The third-order valence-electron chi connectivity index (χ3n) is 3.45. The Balaban J connectivity index is 0.00000146. The Kier molecular flexibility index (Phi) is 11.9. The molecule has 5 heteroatoms. The number of aromatic nitrogens is 2. The number of hydrogen-bond donors (Lipinski definition) is 2. The van der Waals surface area contributed by atoms with Crippen molar-refractivity contribution >= 4 is 23.8 Å². The van der Waals surface area contributed by atoms with Crippen molar-refractivity contribution < 1.29 is 9.67 Å². The molecule has 2 rings (SSSR count). The van der Waals surface area contributed by atoms with Crippen LogP contribution >= 0.6 is 12.6 Å². The molecule has 0 radical (unpaired) electrons. The van der Waals surface area contributed by atoms with Gasteiger partial charge in [-0.05, 0) is 38.7 Å². The molecule has 2 aromatic heterocycles. The van der Waals surface area contributed by atoms with Crippen LogP contribution in [0, 0.1) is 0 Å². The van der Waals surface area contributed by atoms with Crippen molar-refractivity contribution in [3.05, 3.63) is 70.7 Å². The van der Waals surface area contributed by atoms with Crippen LogP contribution in [0.1, 0.15) is 40.2 Å². The van der Waals surface area contributed by atoms with Crippen LogP contribution in [-0.4, -0.2) is 15.8 Å². The van der Waals surface area contributed by atoms with E-state index in [0.29, 0.717) is 23.3 Å². The van der Waals surface area contributed by atoms with E-state index in [1.807, 2.05) is 77.1 Å². The number of fused-ring (bicyclic) bond motifs is 1. The van der Waals surface area contributed by atoms with E-state index in [0.717, 1.165) is 0 Å². The molecule has 0 atom stereocenters. The zero-order valence-corrected chi connectivity index (χ0v) is 17.5. The first kappa shape index (κ1) is 23.7. The van der Waals surface area contributed by atoms with Crippen LogP contribution in [-0.2, 0) is 6.54 Å². The molecule has 0 bridgehead atoms. The molecule has 2 aromatic rings. The summed E-state index contributed by atoms with van der Waals surface area (Å²) < 4.78 is 3.29. The van der Waals surface area contributed by atoms with Crippen molar-refractivity contribution in [1.82, 2.24) is 4.40 Å². The number of hydrogen-bond acceptors (Lipinski definition) is 3. The van der Waals surface area contributed by atoms with Gasteiger partial charge in [-0.25, -0.2) is 4.79 Å². The Hall–Kier alpha value is -2.27. The van der Waals surface area contributed by atoms with Crippen molar-refractivity contribution in [1.29, 1.82) is 0 Å². The van der Waals surface area contributed by atoms with Gasteiger partial charge < -0.3 is 5.11 Å². The van der Waals surface area contributed by atoms with Gasteiger partial charge in [-0.15, -0.1) is 0 Å².